The van der Waals surface area contributed by atoms with Gasteiger partial charge in [0.2, 0.25) is 0 Å². The van der Waals surface area contributed by atoms with Crippen molar-refractivity contribution in [2.75, 3.05) is 0 Å². The summed E-state index contributed by atoms with van der Waals surface area (Å²) in [6.45, 7) is 5.91. The molecule has 102 valence electrons. The molecule has 0 unspecified atom stereocenters. The predicted molar refractivity (Wildman–Crippen MR) is 90.4 cm³/mol. The molecule has 0 aliphatic carbocycles. The van der Waals surface area contributed by atoms with Crippen molar-refractivity contribution in [1.29, 1.82) is 0 Å². The maximum atomic E-state index is 6.13. The topological polar surface area (TPSA) is 28.9 Å². The number of furan rings is 1. The molecule has 2 aromatic heterocycles. The Morgan fingerprint density at radius 1 is 1.05 bits per heavy atom. The molecule has 0 aliphatic rings. The van der Waals surface area contributed by atoms with Crippen molar-refractivity contribution in [3.8, 4) is 0 Å². The molecule has 2 aromatic carbocycles. The molecule has 0 radical (unpaired) electrons. The first kappa shape index (κ1) is 12.0. The number of hydrogen-bond donors (Lipinski definition) is 1. The molecule has 0 amide bonds. The van der Waals surface area contributed by atoms with Gasteiger partial charge in [0.1, 0.15) is 11.3 Å². The van der Waals surface area contributed by atoms with Crippen molar-refractivity contribution in [1.82, 2.24) is 4.98 Å². The van der Waals surface area contributed by atoms with Gasteiger partial charge in [-0.25, -0.2) is 0 Å². The molecule has 4 aromatic rings. The van der Waals surface area contributed by atoms with Crippen LogP contribution in [-0.4, -0.2) is 4.98 Å². The SMILES string of the molecule is C=Cc1c(/C=C\C)oc2c1ccc1[nH]c3ccccc3c12. The van der Waals surface area contributed by atoms with Crippen molar-refractivity contribution < 1.29 is 4.42 Å². The van der Waals surface area contributed by atoms with Gasteiger partial charge in [-0.2, -0.15) is 0 Å². The van der Waals surface area contributed by atoms with Crippen LogP contribution in [0.5, 0.6) is 0 Å². The summed E-state index contributed by atoms with van der Waals surface area (Å²) in [6.07, 6.45) is 5.83. The third-order valence-electron chi connectivity index (χ3n) is 3.91. The van der Waals surface area contributed by atoms with Crippen LogP contribution in [0.25, 0.3) is 44.9 Å². The third kappa shape index (κ3) is 1.59. The van der Waals surface area contributed by atoms with Crippen molar-refractivity contribution in [3.05, 3.63) is 60.4 Å². The first-order chi connectivity index (χ1) is 10.3. The van der Waals surface area contributed by atoms with E-state index in [1.165, 1.54) is 5.39 Å². The summed E-state index contributed by atoms with van der Waals surface area (Å²) in [5.74, 6) is 0.861. The fourth-order valence-corrected chi connectivity index (χ4v) is 3.01. The summed E-state index contributed by atoms with van der Waals surface area (Å²) in [5, 5.41) is 3.44. The standard InChI is InChI=1S/C19H15NO/c1-3-7-17-12(4-2)13-10-11-16-18(19(13)21-17)14-8-5-6-9-15(14)20-16/h3-11,20H,2H2,1H3/b7-3-. The van der Waals surface area contributed by atoms with Gasteiger partial charge in [0.05, 0.1) is 10.9 Å². The number of hydrogen-bond acceptors (Lipinski definition) is 1. The molecule has 0 fully saturated rings. The molecule has 0 atom stereocenters. The predicted octanol–water partition coefficient (Wildman–Crippen LogP) is 5.74. The Bertz CT molecular complexity index is 1010. The van der Waals surface area contributed by atoms with Gasteiger partial charge < -0.3 is 9.40 Å². The Balaban J connectivity index is 2.25. The maximum absolute atomic E-state index is 6.13. The molecule has 0 spiro atoms. The van der Waals surface area contributed by atoms with Crippen LogP contribution in [0.1, 0.15) is 18.2 Å². The normalized spacial score (nSPS) is 12.0. The first-order valence-corrected chi connectivity index (χ1v) is 7.04. The fraction of sp³-hybridized carbons (Fsp3) is 0.0526. The Morgan fingerprint density at radius 2 is 1.90 bits per heavy atom. The molecule has 0 aliphatic heterocycles. The van der Waals surface area contributed by atoms with E-state index in [2.05, 4.69) is 41.9 Å². The van der Waals surface area contributed by atoms with E-state index in [1.54, 1.807) is 0 Å². The highest BCUT2D eigenvalue weighted by atomic mass is 16.3. The van der Waals surface area contributed by atoms with Crippen LogP contribution in [0.4, 0.5) is 0 Å². The van der Waals surface area contributed by atoms with E-state index in [9.17, 15) is 0 Å². The van der Waals surface area contributed by atoms with Gasteiger partial charge in [-0.1, -0.05) is 36.9 Å². The molecular formula is C19H15NO. The fourth-order valence-electron chi connectivity index (χ4n) is 3.01. The quantitative estimate of drug-likeness (QED) is 0.495. The van der Waals surface area contributed by atoms with E-state index in [0.717, 1.165) is 38.7 Å². The summed E-state index contributed by atoms with van der Waals surface area (Å²) >= 11 is 0. The van der Waals surface area contributed by atoms with E-state index in [-0.39, 0.29) is 0 Å². The zero-order chi connectivity index (χ0) is 14.4. The molecular weight excluding hydrogens is 258 g/mol. The molecule has 2 nitrogen and oxygen atoms in total. The van der Waals surface area contributed by atoms with Crippen LogP contribution >= 0.6 is 0 Å². The first-order valence-electron chi connectivity index (χ1n) is 7.04. The number of rotatable bonds is 2. The second kappa shape index (κ2) is 4.38. The Kier molecular flexibility index (Phi) is 2.51. The summed E-state index contributed by atoms with van der Waals surface area (Å²) in [7, 11) is 0. The molecule has 0 saturated heterocycles. The highest BCUT2D eigenvalue weighted by Gasteiger charge is 2.15. The Hall–Kier alpha value is -2.74. The lowest BCUT2D eigenvalue weighted by atomic mass is 10.1. The van der Waals surface area contributed by atoms with Crippen LogP contribution in [0.2, 0.25) is 0 Å². The smallest absolute Gasteiger partial charge is 0.145 e. The molecule has 0 bridgehead atoms. The second-order valence-electron chi connectivity index (χ2n) is 5.12. The van der Waals surface area contributed by atoms with Crippen molar-refractivity contribution in [2.45, 2.75) is 6.92 Å². The number of H-pyrrole nitrogens is 1. The number of fused-ring (bicyclic) bond motifs is 5. The van der Waals surface area contributed by atoms with E-state index in [0.29, 0.717) is 0 Å². The molecule has 21 heavy (non-hydrogen) atoms. The molecule has 4 rings (SSSR count). The lowest BCUT2D eigenvalue weighted by molar-refractivity contribution is 0.606. The van der Waals surface area contributed by atoms with Crippen LogP contribution in [0, 0.1) is 0 Å². The number of nitrogens with one attached hydrogen (secondary N) is 1. The molecule has 0 saturated carbocycles. The number of allylic oxidation sites excluding steroid dienone is 1. The minimum absolute atomic E-state index is 0.861. The summed E-state index contributed by atoms with van der Waals surface area (Å²) < 4.78 is 6.13. The minimum Gasteiger partial charge on any atom is -0.455 e. The van der Waals surface area contributed by atoms with Gasteiger partial charge >= 0.3 is 0 Å². The minimum atomic E-state index is 0.861. The van der Waals surface area contributed by atoms with Gasteiger partial charge in [0.25, 0.3) is 0 Å². The van der Waals surface area contributed by atoms with Gasteiger partial charge in [0, 0.05) is 21.9 Å². The van der Waals surface area contributed by atoms with Crippen LogP contribution in [-0.2, 0) is 0 Å². The number of benzene rings is 2. The van der Waals surface area contributed by atoms with Gasteiger partial charge in [0.15, 0.2) is 0 Å². The lowest BCUT2D eigenvalue weighted by Crippen LogP contribution is -1.73. The molecule has 1 N–H and O–H groups in total. The van der Waals surface area contributed by atoms with Crippen LogP contribution in [0.3, 0.4) is 0 Å². The maximum Gasteiger partial charge on any atom is 0.145 e. The average Bonchev–Trinajstić information content (AvgIpc) is 3.04. The van der Waals surface area contributed by atoms with E-state index >= 15 is 0 Å². The average molecular weight is 273 g/mol. The molecule has 2 heterocycles. The van der Waals surface area contributed by atoms with Crippen LogP contribution < -0.4 is 0 Å². The van der Waals surface area contributed by atoms with E-state index in [4.69, 9.17) is 4.42 Å². The highest BCUT2D eigenvalue weighted by molar-refractivity contribution is 6.19. The van der Waals surface area contributed by atoms with E-state index < -0.39 is 0 Å². The van der Waals surface area contributed by atoms with Gasteiger partial charge in [-0.05, 0) is 31.2 Å². The Morgan fingerprint density at radius 3 is 2.71 bits per heavy atom. The number of aromatic nitrogens is 1. The second-order valence-corrected chi connectivity index (χ2v) is 5.12. The molecule has 2 heteroatoms. The largest absolute Gasteiger partial charge is 0.455 e. The van der Waals surface area contributed by atoms with Crippen molar-refractivity contribution in [2.24, 2.45) is 0 Å². The van der Waals surface area contributed by atoms with Crippen molar-refractivity contribution in [3.63, 3.8) is 0 Å². The summed E-state index contributed by atoms with van der Waals surface area (Å²) in [5.41, 5.74) is 4.20. The summed E-state index contributed by atoms with van der Waals surface area (Å²) in [4.78, 5) is 3.45. The Labute approximate surface area is 122 Å². The highest BCUT2D eigenvalue weighted by Crippen LogP contribution is 2.37. The zero-order valence-electron chi connectivity index (χ0n) is 11.8. The van der Waals surface area contributed by atoms with Gasteiger partial charge in [-0.3, -0.25) is 0 Å². The summed E-state index contributed by atoms with van der Waals surface area (Å²) in [6, 6.07) is 12.5. The monoisotopic (exact) mass is 273 g/mol. The van der Waals surface area contributed by atoms with Crippen molar-refractivity contribution >= 4 is 44.9 Å². The number of aromatic amines is 1. The number of para-hydroxylation sites is 1. The van der Waals surface area contributed by atoms with Gasteiger partial charge in [-0.15, -0.1) is 0 Å². The van der Waals surface area contributed by atoms with E-state index in [1.807, 2.05) is 31.2 Å². The lowest BCUT2D eigenvalue weighted by Gasteiger charge is -1.93. The zero-order valence-corrected chi connectivity index (χ0v) is 11.8. The third-order valence-corrected chi connectivity index (χ3v) is 3.91. The van der Waals surface area contributed by atoms with Crippen LogP contribution in [0.15, 0.2) is 53.5 Å².